The van der Waals surface area contributed by atoms with E-state index < -0.39 is 0 Å². The Morgan fingerprint density at radius 2 is 2.00 bits per heavy atom. The minimum Gasteiger partial charge on any atom is -0.374 e. The largest absolute Gasteiger partial charge is 0.374 e. The molecule has 112 valence electrons. The van der Waals surface area contributed by atoms with Gasteiger partial charge in [0.15, 0.2) is 0 Å². The Kier molecular flexibility index (Phi) is 4.29. The zero-order valence-electron chi connectivity index (χ0n) is 12.8. The summed E-state index contributed by atoms with van der Waals surface area (Å²) in [6.45, 7) is 8.05. The lowest BCUT2D eigenvalue weighted by Gasteiger charge is -2.11. The normalized spacial score (nSPS) is 19.9. The van der Waals surface area contributed by atoms with E-state index in [-0.39, 0.29) is 12.0 Å². The molecule has 1 aromatic carbocycles. The van der Waals surface area contributed by atoms with Gasteiger partial charge >= 0.3 is 0 Å². The van der Waals surface area contributed by atoms with Gasteiger partial charge in [0.25, 0.3) is 0 Å². The smallest absolute Gasteiger partial charge is 0.128 e. The Hall–Kier alpha value is -2.07. The van der Waals surface area contributed by atoms with Crippen molar-refractivity contribution in [3.8, 4) is 0 Å². The number of rotatable bonds is 4. The fourth-order valence-corrected chi connectivity index (χ4v) is 3.48. The molecule has 0 aliphatic carbocycles. The Morgan fingerprint density at radius 1 is 1.23 bits per heavy atom. The first-order valence-corrected chi connectivity index (χ1v) is 8.16. The molecule has 3 nitrogen and oxygen atoms in total. The maximum atomic E-state index is 4.49. The molecule has 1 aliphatic rings. The highest BCUT2D eigenvalue weighted by molar-refractivity contribution is 7.99. The molecule has 0 radical (unpaired) electrons. The summed E-state index contributed by atoms with van der Waals surface area (Å²) < 4.78 is 0. The van der Waals surface area contributed by atoms with Crippen LogP contribution >= 0.6 is 11.8 Å². The fraction of sp³-hybridized carbons (Fsp3) is 0.222. The van der Waals surface area contributed by atoms with Crippen molar-refractivity contribution in [1.82, 2.24) is 9.97 Å². The van der Waals surface area contributed by atoms with E-state index in [1.807, 2.05) is 13.0 Å². The van der Waals surface area contributed by atoms with E-state index in [1.54, 1.807) is 18.1 Å². The quantitative estimate of drug-likeness (QED) is 0.663. The maximum absolute atomic E-state index is 4.49. The van der Waals surface area contributed by atoms with Gasteiger partial charge in [0.05, 0.1) is 17.4 Å². The van der Waals surface area contributed by atoms with Crippen LogP contribution in [0.25, 0.3) is 0 Å². The second-order valence-corrected chi connectivity index (χ2v) is 6.37. The van der Waals surface area contributed by atoms with Gasteiger partial charge in [-0.15, -0.1) is 6.58 Å². The van der Waals surface area contributed by atoms with Crippen LogP contribution < -0.4 is 5.32 Å². The number of fused-ring (bicyclic) bond motifs is 1. The van der Waals surface area contributed by atoms with Gasteiger partial charge in [0.1, 0.15) is 11.4 Å². The molecular formula is C18H19N3S. The molecule has 1 aromatic heterocycles. The van der Waals surface area contributed by atoms with E-state index in [1.165, 1.54) is 10.5 Å². The summed E-state index contributed by atoms with van der Waals surface area (Å²) in [5, 5.41) is 4.47. The third kappa shape index (κ3) is 2.79. The molecule has 2 aromatic rings. The van der Waals surface area contributed by atoms with Crippen LogP contribution in [0, 0.1) is 6.92 Å². The van der Waals surface area contributed by atoms with Crippen LogP contribution in [0.5, 0.6) is 0 Å². The Bertz CT molecular complexity index is 707. The first kappa shape index (κ1) is 14.9. The van der Waals surface area contributed by atoms with Crippen molar-refractivity contribution in [3.63, 3.8) is 0 Å². The van der Waals surface area contributed by atoms with Crippen molar-refractivity contribution >= 4 is 17.4 Å². The number of anilines is 1. The fourth-order valence-electron chi connectivity index (χ4n) is 2.62. The lowest BCUT2D eigenvalue weighted by molar-refractivity contribution is 0.790. The number of hydrogen-bond acceptors (Lipinski definition) is 4. The van der Waals surface area contributed by atoms with E-state index in [0.29, 0.717) is 0 Å². The highest BCUT2D eigenvalue weighted by atomic mass is 32.2. The lowest BCUT2D eigenvalue weighted by Crippen LogP contribution is -2.15. The first-order chi connectivity index (χ1) is 10.7. The SMILES string of the molecule is C=CC1Nc2c(Sc3ccc(C)cc3)ncnc2C1/C=C\C. The second-order valence-electron chi connectivity index (χ2n) is 5.31. The molecule has 1 aliphatic heterocycles. The predicted molar refractivity (Wildman–Crippen MR) is 92.5 cm³/mol. The molecule has 3 rings (SSSR count). The molecule has 0 saturated heterocycles. The van der Waals surface area contributed by atoms with Crippen molar-refractivity contribution in [2.24, 2.45) is 0 Å². The summed E-state index contributed by atoms with van der Waals surface area (Å²) >= 11 is 1.66. The van der Waals surface area contributed by atoms with E-state index >= 15 is 0 Å². The molecule has 1 N–H and O–H groups in total. The molecule has 0 fully saturated rings. The van der Waals surface area contributed by atoms with Gasteiger partial charge in [0, 0.05) is 10.8 Å². The van der Waals surface area contributed by atoms with Gasteiger partial charge in [-0.1, -0.05) is 47.7 Å². The van der Waals surface area contributed by atoms with Crippen LogP contribution in [0.15, 0.2) is 65.3 Å². The summed E-state index contributed by atoms with van der Waals surface area (Å²) in [5.74, 6) is 0.220. The monoisotopic (exact) mass is 309 g/mol. The lowest BCUT2D eigenvalue weighted by atomic mass is 9.99. The number of nitrogens with zero attached hydrogens (tertiary/aromatic N) is 2. The van der Waals surface area contributed by atoms with Crippen LogP contribution in [0.3, 0.4) is 0 Å². The van der Waals surface area contributed by atoms with Crippen molar-refractivity contribution < 1.29 is 0 Å². The van der Waals surface area contributed by atoms with Gasteiger partial charge < -0.3 is 5.32 Å². The number of aromatic nitrogens is 2. The van der Waals surface area contributed by atoms with Crippen LogP contribution in [0.4, 0.5) is 5.69 Å². The van der Waals surface area contributed by atoms with E-state index in [2.05, 4.69) is 65.2 Å². The summed E-state index contributed by atoms with van der Waals surface area (Å²) in [7, 11) is 0. The Balaban J connectivity index is 1.95. The molecule has 0 saturated carbocycles. The minimum atomic E-state index is 0.167. The molecule has 0 spiro atoms. The number of benzene rings is 1. The summed E-state index contributed by atoms with van der Waals surface area (Å²) in [6.07, 6.45) is 7.82. The summed E-state index contributed by atoms with van der Waals surface area (Å²) in [6, 6.07) is 8.65. The third-order valence-corrected chi connectivity index (χ3v) is 4.76. The van der Waals surface area contributed by atoms with Gasteiger partial charge in [0.2, 0.25) is 0 Å². The minimum absolute atomic E-state index is 0.167. The third-order valence-electron chi connectivity index (χ3n) is 3.74. The zero-order chi connectivity index (χ0) is 15.5. The zero-order valence-corrected chi connectivity index (χ0v) is 13.6. The second kappa shape index (κ2) is 6.36. The average molecular weight is 309 g/mol. The van der Waals surface area contributed by atoms with Gasteiger partial charge in [-0.2, -0.15) is 0 Å². The van der Waals surface area contributed by atoms with Crippen molar-refractivity contribution in [2.45, 2.75) is 35.7 Å². The Labute approximate surface area is 135 Å². The van der Waals surface area contributed by atoms with Crippen LogP contribution in [0.2, 0.25) is 0 Å². The summed E-state index contributed by atoms with van der Waals surface area (Å²) in [5.41, 5.74) is 3.34. The number of nitrogens with one attached hydrogen (secondary N) is 1. The van der Waals surface area contributed by atoms with Crippen molar-refractivity contribution in [1.29, 1.82) is 0 Å². The molecule has 2 unspecified atom stereocenters. The molecule has 22 heavy (non-hydrogen) atoms. The Morgan fingerprint density at radius 3 is 2.68 bits per heavy atom. The van der Waals surface area contributed by atoms with Crippen molar-refractivity contribution in [2.75, 3.05) is 5.32 Å². The standard InChI is InChI=1S/C18H19N3S/c1-4-6-14-15(5-2)21-17-16(14)19-11-20-18(17)22-13-9-7-12(3)8-10-13/h4-11,14-15,21H,2H2,1,3H3/b6-4-. The molecule has 0 bridgehead atoms. The van der Waals surface area contributed by atoms with Crippen LogP contribution in [-0.2, 0) is 0 Å². The average Bonchev–Trinajstić information content (AvgIpc) is 2.89. The van der Waals surface area contributed by atoms with E-state index in [9.17, 15) is 0 Å². The van der Waals surface area contributed by atoms with Gasteiger partial charge in [-0.25, -0.2) is 9.97 Å². The van der Waals surface area contributed by atoms with E-state index in [0.717, 1.165) is 16.4 Å². The number of hydrogen-bond donors (Lipinski definition) is 1. The molecular weight excluding hydrogens is 290 g/mol. The maximum Gasteiger partial charge on any atom is 0.128 e. The number of aryl methyl sites for hydroxylation is 1. The topological polar surface area (TPSA) is 37.8 Å². The highest BCUT2D eigenvalue weighted by Crippen LogP contribution is 2.42. The number of allylic oxidation sites excluding steroid dienone is 1. The van der Waals surface area contributed by atoms with Gasteiger partial charge in [-0.3, -0.25) is 0 Å². The highest BCUT2D eigenvalue weighted by Gasteiger charge is 2.32. The van der Waals surface area contributed by atoms with Crippen LogP contribution in [0.1, 0.15) is 24.1 Å². The first-order valence-electron chi connectivity index (χ1n) is 7.34. The molecule has 2 atom stereocenters. The van der Waals surface area contributed by atoms with Gasteiger partial charge in [-0.05, 0) is 26.0 Å². The molecule has 0 amide bonds. The molecule has 4 heteroatoms. The molecule has 2 heterocycles. The van der Waals surface area contributed by atoms with Crippen molar-refractivity contribution in [3.05, 3.63) is 66.7 Å². The van der Waals surface area contributed by atoms with E-state index in [4.69, 9.17) is 0 Å². The summed E-state index contributed by atoms with van der Waals surface area (Å²) in [4.78, 5) is 10.1. The van der Waals surface area contributed by atoms with Crippen LogP contribution in [-0.4, -0.2) is 16.0 Å². The predicted octanol–water partition coefficient (Wildman–Crippen LogP) is 4.58.